The number of allylic oxidation sites excluding steroid dienone is 26. The maximum atomic E-state index is 12.8. The number of hydrogen-bond donors (Lipinski definition) is 1. The molecule has 0 spiro atoms. The minimum atomic E-state index is -4.32. The zero-order chi connectivity index (χ0) is 51.9. The lowest BCUT2D eigenvalue weighted by Crippen LogP contribution is -2.37. The molecule has 1 N–H and O–H groups in total. The SMILES string of the molecule is CC/C=C\C/C=C\C/C=C\C/C=C\C/C=C\C/C=C\C/C=C\CCCCOCC(COP(=O)(O)OCC[N+](C)(C)C)OC(=O)CCCCCCCC/C=C\C/C=C\C/C=C\C/C=C\C/C=C\C/C=C\CC. The summed E-state index contributed by atoms with van der Waals surface area (Å²) in [5.74, 6) is -0.351. The molecule has 0 saturated heterocycles. The number of rotatable bonds is 48. The number of ether oxygens (including phenoxy) is 2. The number of nitrogens with zero attached hydrogens (tertiary/aromatic N) is 1. The van der Waals surface area contributed by atoms with Crippen LogP contribution in [0, 0.1) is 0 Å². The minimum Gasteiger partial charge on any atom is -0.457 e. The van der Waals surface area contributed by atoms with Crippen LogP contribution >= 0.6 is 7.82 Å². The summed E-state index contributed by atoms with van der Waals surface area (Å²) >= 11 is 0. The average Bonchev–Trinajstić information content (AvgIpc) is 3.33. The number of likely N-dealkylation sites (N-methyl/N-ethyl adjacent to an activating group) is 1. The summed E-state index contributed by atoms with van der Waals surface area (Å²) in [7, 11) is 1.60. The van der Waals surface area contributed by atoms with Gasteiger partial charge >= 0.3 is 13.8 Å². The van der Waals surface area contributed by atoms with E-state index in [0.717, 1.165) is 135 Å². The van der Waals surface area contributed by atoms with Crippen molar-refractivity contribution in [2.24, 2.45) is 0 Å². The van der Waals surface area contributed by atoms with Crippen LogP contribution in [0.25, 0.3) is 0 Å². The van der Waals surface area contributed by atoms with Crippen LogP contribution in [0.2, 0.25) is 0 Å². The number of quaternary nitrogens is 1. The van der Waals surface area contributed by atoms with Crippen LogP contribution in [0.5, 0.6) is 0 Å². The van der Waals surface area contributed by atoms with Crippen LogP contribution in [0.4, 0.5) is 0 Å². The smallest absolute Gasteiger partial charge is 0.457 e. The van der Waals surface area contributed by atoms with Gasteiger partial charge in [0.2, 0.25) is 0 Å². The summed E-state index contributed by atoms with van der Waals surface area (Å²) in [6, 6.07) is 0. The van der Waals surface area contributed by atoms with Crippen molar-refractivity contribution in [3.63, 3.8) is 0 Å². The molecule has 2 atom stereocenters. The van der Waals surface area contributed by atoms with E-state index in [-0.39, 0.29) is 32.2 Å². The van der Waals surface area contributed by atoms with Crippen molar-refractivity contribution in [2.75, 3.05) is 54.1 Å². The molecule has 0 aromatic heterocycles. The van der Waals surface area contributed by atoms with E-state index in [4.69, 9.17) is 18.5 Å². The number of unbranched alkanes of at least 4 members (excludes halogenated alkanes) is 8. The second-order valence-electron chi connectivity index (χ2n) is 18.5. The molecule has 2 unspecified atom stereocenters. The average molecular weight is 1000 g/mol. The first-order chi connectivity index (χ1) is 34.6. The summed E-state index contributed by atoms with van der Waals surface area (Å²) in [5.41, 5.74) is 0. The van der Waals surface area contributed by atoms with Gasteiger partial charge in [-0.25, -0.2) is 4.57 Å². The fourth-order valence-corrected chi connectivity index (χ4v) is 7.22. The van der Waals surface area contributed by atoms with Crippen LogP contribution in [-0.2, 0) is 27.9 Å². The number of esters is 1. The lowest BCUT2D eigenvalue weighted by atomic mass is 10.1. The van der Waals surface area contributed by atoms with Crippen molar-refractivity contribution in [1.29, 1.82) is 0 Å². The second-order valence-corrected chi connectivity index (χ2v) is 19.9. The largest absolute Gasteiger partial charge is 0.472 e. The molecule has 8 nitrogen and oxygen atoms in total. The maximum Gasteiger partial charge on any atom is 0.472 e. The Balaban J connectivity index is 4.31. The van der Waals surface area contributed by atoms with Crippen LogP contribution in [0.1, 0.15) is 168 Å². The van der Waals surface area contributed by atoms with Gasteiger partial charge in [-0.2, -0.15) is 0 Å². The third kappa shape index (κ3) is 56.9. The minimum absolute atomic E-state index is 0.0660. The second kappa shape index (κ2) is 52.4. The van der Waals surface area contributed by atoms with Crippen LogP contribution in [-0.4, -0.2) is 75.6 Å². The van der Waals surface area contributed by atoms with E-state index in [1.807, 2.05) is 21.1 Å². The number of phosphoric ester groups is 1. The molecule has 0 aliphatic heterocycles. The highest BCUT2D eigenvalue weighted by Gasteiger charge is 2.26. The highest BCUT2D eigenvalue weighted by Crippen LogP contribution is 2.43. The highest BCUT2D eigenvalue weighted by molar-refractivity contribution is 7.47. The molecule has 0 saturated carbocycles. The number of hydrogen-bond acceptors (Lipinski definition) is 6. The summed E-state index contributed by atoms with van der Waals surface area (Å²) in [4.78, 5) is 23.1. The Hall–Kier alpha value is -3.88. The van der Waals surface area contributed by atoms with Crippen LogP contribution in [0.15, 0.2) is 158 Å². The molecule has 9 heteroatoms. The third-order valence-corrected chi connectivity index (χ3v) is 11.6. The molecule has 0 rings (SSSR count). The molecule has 0 heterocycles. The Labute approximate surface area is 435 Å². The standard InChI is InChI=1S/C62H100NO7P/c1-6-8-10-12-14-16-18-20-22-24-26-28-30-32-33-35-37-39-41-43-45-47-49-51-53-55-62(64)70-61(60-69-71(65,66)68-58-56-63(3,4)5)59-67-57-54-52-50-48-46-44-42-40-38-36-34-31-29-27-25-23-21-19-17-15-13-11-9-7-2/h8-11,14-17,20-23,26-29,32-34,36-37,39-40,42,46,48,61H,6-7,12-13,18-19,24-25,30-31,35,38,41,43-45,47,49-60H2,1-5H3/p+1/b10-8-,11-9-,16-14-,17-15-,22-20-,23-21-,28-26-,29-27-,33-32-,36-34-,39-37-,42-40-,48-46-. The normalized spacial score (nSPS) is 14.7. The topological polar surface area (TPSA) is 91.3 Å². The predicted octanol–water partition coefficient (Wildman–Crippen LogP) is 17.4. The first-order valence-electron chi connectivity index (χ1n) is 27.2. The van der Waals surface area contributed by atoms with Crippen molar-refractivity contribution in [1.82, 2.24) is 0 Å². The molecule has 0 radical (unpaired) electrons. The van der Waals surface area contributed by atoms with Gasteiger partial charge in [0.15, 0.2) is 0 Å². The van der Waals surface area contributed by atoms with Gasteiger partial charge in [-0.1, -0.05) is 198 Å². The molecule has 0 aliphatic rings. The molecular weight excluding hydrogens is 902 g/mol. The van der Waals surface area contributed by atoms with Gasteiger partial charge < -0.3 is 18.9 Å². The monoisotopic (exact) mass is 1000 g/mol. The molecule has 0 bridgehead atoms. The number of phosphoric acid groups is 1. The Morgan fingerprint density at radius 1 is 0.437 bits per heavy atom. The van der Waals surface area contributed by atoms with Gasteiger partial charge in [0.05, 0.1) is 34.4 Å². The number of carbonyl (C=O) groups excluding carboxylic acids is 1. The van der Waals surface area contributed by atoms with Gasteiger partial charge in [-0.15, -0.1) is 0 Å². The third-order valence-electron chi connectivity index (χ3n) is 10.6. The zero-order valence-electron chi connectivity index (χ0n) is 45.4. The molecule has 0 aromatic carbocycles. The van der Waals surface area contributed by atoms with Gasteiger partial charge in [-0.3, -0.25) is 13.8 Å². The van der Waals surface area contributed by atoms with Gasteiger partial charge in [-0.05, 0) is 122 Å². The Kier molecular flexibility index (Phi) is 49.6. The van der Waals surface area contributed by atoms with E-state index in [1.54, 1.807) is 0 Å². The maximum absolute atomic E-state index is 12.8. The van der Waals surface area contributed by atoms with Crippen LogP contribution < -0.4 is 0 Å². The Bertz CT molecular complexity index is 1680. The van der Waals surface area contributed by atoms with E-state index in [0.29, 0.717) is 17.6 Å². The molecule has 0 amide bonds. The Morgan fingerprint density at radius 2 is 0.775 bits per heavy atom. The fourth-order valence-electron chi connectivity index (χ4n) is 6.48. The lowest BCUT2D eigenvalue weighted by molar-refractivity contribution is -0.870. The quantitative estimate of drug-likeness (QED) is 0.0213. The summed E-state index contributed by atoms with van der Waals surface area (Å²) in [6.45, 7) is 5.21. The van der Waals surface area contributed by atoms with Crippen molar-refractivity contribution < 1.29 is 37.3 Å². The van der Waals surface area contributed by atoms with Gasteiger partial charge in [0.25, 0.3) is 0 Å². The summed E-state index contributed by atoms with van der Waals surface area (Å²) < 4.78 is 35.1. The van der Waals surface area contributed by atoms with E-state index >= 15 is 0 Å². The van der Waals surface area contributed by atoms with Crippen LogP contribution in [0.3, 0.4) is 0 Å². The molecule has 0 aromatic rings. The summed E-state index contributed by atoms with van der Waals surface area (Å²) in [6.07, 6.45) is 80.2. The molecule has 0 aliphatic carbocycles. The van der Waals surface area contributed by atoms with Crippen molar-refractivity contribution in [3.05, 3.63) is 158 Å². The van der Waals surface area contributed by atoms with Gasteiger partial charge in [0, 0.05) is 13.0 Å². The Morgan fingerprint density at radius 3 is 1.15 bits per heavy atom. The van der Waals surface area contributed by atoms with E-state index in [1.165, 1.54) is 12.8 Å². The zero-order valence-corrected chi connectivity index (χ0v) is 46.3. The molecule has 400 valence electrons. The summed E-state index contributed by atoms with van der Waals surface area (Å²) in [5, 5.41) is 0. The first-order valence-corrected chi connectivity index (χ1v) is 28.7. The first kappa shape index (κ1) is 67.1. The number of carbonyl (C=O) groups is 1. The molecular formula is C62H101NO7P+. The van der Waals surface area contributed by atoms with E-state index in [9.17, 15) is 14.3 Å². The van der Waals surface area contributed by atoms with Gasteiger partial charge in [0.1, 0.15) is 19.3 Å². The fraction of sp³-hybridized carbons (Fsp3) is 0.565. The van der Waals surface area contributed by atoms with Crippen molar-refractivity contribution in [3.8, 4) is 0 Å². The van der Waals surface area contributed by atoms with Crippen molar-refractivity contribution >= 4 is 13.8 Å². The van der Waals surface area contributed by atoms with E-state index in [2.05, 4.69) is 172 Å². The highest BCUT2D eigenvalue weighted by atomic mass is 31.2. The van der Waals surface area contributed by atoms with Crippen molar-refractivity contribution in [2.45, 2.75) is 174 Å². The molecule has 71 heavy (non-hydrogen) atoms. The van der Waals surface area contributed by atoms with E-state index < -0.39 is 13.9 Å². The lowest BCUT2D eigenvalue weighted by Gasteiger charge is -2.24. The molecule has 0 fully saturated rings. The predicted molar refractivity (Wildman–Crippen MR) is 306 cm³/mol.